The molecule has 0 heterocycles. The van der Waals surface area contributed by atoms with Crippen LogP contribution in [-0.2, 0) is 6.42 Å². The lowest BCUT2D eigenvalue weighted by atomic mass is 9.89. The van der Waals surface area contributed by atoms with Gasteiger partial charge in [0.2, 0.25) is 0 Å². The number of hydrogen-bond donors (Lipinski definition) is 2. The molecule has 2 fully saturated rings. The molecular weight excluding hydrogens is 220 g/mol. The fourth-order valence-electron chi connectivity index (χ4n) is 3.72. The van der Waals surface area contributed by atoms with Gasteiger partial charge in [-0.1, -0.05) is 37.6 Å². The van der Waals surface area contributed by atoms with Crippen molar-refractivity contribution in [3.8, 4) is 0 Å². The van der Waals surface area contributed by atoms with Crippen molar-refractivity contribution in [2.45, 2.75) is 45.1 Å². The summed E-state index contributed by atoms with van der Waals surface area (Å²) in [7, 11) is 0. The lowest BCUT2D eigenvalue weighted by Gasteiger charge is -2.24. The zero-order valence-electron chi connectivity index (χ0n) is 11.2. The van der Waals surface area contributed by atoms with Crippen molar-refractivity contribution in [2.75, 3.05) is 0 Å². The summed E-state index contributed by atoms with van der Waals surface area (Å²) in [5.41, 5.74) is 5.85. The summed E-state index contributed by atoms with van der Waals surface area (Å²) in [6, 6.07) is 9.41. The highest BCUT2D eigenvalue weighted by Gasteiger charge is 2.47. The molecule has 0 aromatic heterocycles. The van der Waals surface area contributed by atoms with E-state index in [9.17, 15) is 0 Å². The molecule has 0 bridgehead atoms. The molecule has 2 aliphatic carbocycles. The Morgan fingerprint density at radius 3 is 2.39 bits per heavy atom. The largest absolute Gasteiger partial charge is 0.271 e. The minimum absolute atomic E-state index is 0.355. The van der Waals surface area contributed by atoms with Crippen LogP contribution in [0.2, 0.25) is 0 Å². The lowest BCUT2D eigenvalue weighted by molar-refractivity contribution is 0.345. The zero-order chi connectivity index (χ0) is 12.5. The molecule has 98 valence electrons. The first kappa shape index (κ1) is 12.2. The van der Waals surface area contributed by atoms with Gasteiger partial charge in [0.25, 0.3) is 0 Å². The molecule has 0 saturated heterocycles. The molecule has 2 saturated carbocycles. The lowest BCUT2D eigenvalue weighted by Crippen LogP contribution is -2.33. The molecule has 0 amide bonds. The maximum Gasteiger partial charge on any atom is 0.0488 e. The quantitative estimate of drug-likeness (QED) is 0.616. The first-order chi connectivity index (χ1) is 8.81. The average Bonchev–Trinajstić information content (AvgIpc) is 3.00. The Labute approximate surface area is 110 Å². The Hall–Kier alpha value is -0.860. The second-order valence-corrected chi connectivity index (χ2v) is 6.12. The van der Waals surface area contributed by atoms with E-state index in [4.69, 9.17) is 5.84 Å². The number of aryl methyl sites for hydroxylation is 1. The SMILES string of the molecule is CCCc1ccc(C(NN)C2CC3CC3C2)cc1. The van der Waals surface area contributed by atoms with Crippen LogP contribution in [0.3, 0.4) is 0 Å². The number of fused-ring (bicyclic) bond motifs is 1. The summed E-state index contributed by atoms with van der Waals surface area (Å²) in [5.74, 6) is 8.58. The highest BCUT2D eigenvalue weighted by molar-refractivity contribution is 5.26. The summed E-state index contributed by atoms with van der Waals surface area (Å²) in [6.07, 6.45) is 6.61. The molecule has 0 aliphatic heterocycles. The van der Waals surface area contributed by atoms with Crippen molar-refractivity contribution >= 4 is 0 Å². The van der Waals surface area contributed by atoms with Crippen molar-refractivity contribution in [1.82, 2.24) is 5.43 Å². The van der Waals surface area contributed by atoms with Crippen molar-refractivity contribution in [3.05, 3.63) is 35.4 Å². The van der Waals surface area contributed by atoms with Gasteiger partial charge >= 0.3 is 0 Å². The number of nitrogens with two attached hydrogens (primary N) is 1. The van der Waals surface area contributed by atoms with E-state index in [2.05, 4.69) is 36.6 Å². The van der Waals surface area contributed by atoms with Gasteiger partial charge in [0.05, 0.1) is 0 Å². The molecule has 18 heavy (non-hydrogen) atoms. The molecule has 1 aromatic rings. The van der Waals surface area contributed by atoms with Gasteiger partial charge in [-0.05, 0) is 54.6 Å². The Morgan fingerprint density at radius 1 is 1.17 bits per heavy atom. The van der Waals surface area contributed by atoms with E-state index in [0.29, 0.717) is 6.04 Å². The van der Waals surface area contributed by atoms with Crippen molar-refractivity contribution < 1.29 is 0 Å². The number of nitrogens with one attached hydrogen (secondary N) is 1. The van der Waals surface area contributed by atoms with Gasteiger partial charge in [-0.15, -0.1) is 0 Å². The van der Waals surface area contributed by atoms with Gasteiger partial charge in [-0.3, -0.25) is 11.3 Å². The summed E-state index contributed by atoms with van der Waals surface area (Å²) in [6.45, 7) is 2.23. The number of hydrazine groups is 1. The molecule has 3 atom stereocenters. The molecule has 1 aromatic carbocycles. The van der Waals surface area contributed by atoms with E-state index < -0.39 is 0 Å². The molecule has 3 rings (SSSR count). The van der Waals surface area contributed by atoms with Crippen LogP contribution in [0.15, 0.2) is 24.3 Å². The Bertz CT molecular complexity index is 388. The van der Waals surface area contributed by atoms with Crippen LogP contribution >= 0.6 is 0 Å². The van der Waals surface area contributed by atoms with Gasteiger partial charge in [-0.25, -0.2) is 0 Å². The number of benzene rings is 1. The third-order valence-corrected chi connectivity index (χ3v) is 4.81. The van der Waals surface area contributed by atoms with E-state index in [1.165, 1.54) is 43.2 Å². The summed E-state index contributed by atoms with van der Waals surface area (Å²) in [4.78, 5) is 0. The normalized spacial score (nSPS) is 31.1. The van der Waals surface area contributed by atoms with E-state index in [0.717, 1.165) is 17.8 Å². The van der Waals surface area contributed by atoms with E-state index in [-0.39, 0.29) is 0 Å². The summed E-state index contributed by atoms with van der Waals surface area (Å²) < 4.78 is 0. The molecule has 3 N–H and O–H groups in total. The van der Waals surface area contributed by atoms with Crippen LogP contribution in [-0.4, -0.2) is 0 Å². The zero-order valence-corrected chi connectivity index (χ0v) is 11.2. The van der Waals surface area contributed by atoms with Crippen LogP contribution < -0.4 is 11.3 Å². The van der Waals surface area contributed by atoms with Crippen LogP contribution in [0, 0.1) is 17.8 Å². The fraction of sp³-hybridized carbons (Fsp3) is 0.625. The van der Waals surface area contributed by atoms with Crippen LogP contribution in [0.4, 0.5) is 0 Å². The van der Waals surface area contributed by atoms with E-state index >= 15 is 0 Å². The molecule has 0 radical (unpaired) electrons. The van der Waals surface area contributed by atoms with Gasteiger partial charge in [0.15, 0.2) is 0 Å². The van der Waals surface area contributed by atoms with Crippen molar-refractivity contribution in [1.29, 1.82) is 0 Å². The van der Waals surface area contributed by atoms with Gasteiger partial charge < -0.3 is 0 Å². The van der Waals surface area contributed by atoms with E-state index in [1.54, 1.807) is 0 Å². The van der Waals surface area contributed by atoms with Crippen molar-refractivity contribution in [3.63, 3.8) is 0 Å². The first-order valence-corrected chi connectivity index (χ1v) is 7.36. The monoisotopic (exact) mass is 244 g/mol. The topological polar surface area (TPSA) is 38.0 Å². The number of hydrogen-bond acceptors (Lipinski definition) is 2. The minimum atomic E-state index is 0.355. The van der Waals surface area contributed by atoms with E-state index in [1.807, 2.05) is 0 Å². The fourth-order valence-corrected chi connectivity index (χ4v) is 3.72. The molecule has 2 heteroatoms. The Kier molecular flexibility index (Phi) is 3.40. The molecule has 0 spiro atoms. The molecule has 2 aliphatic rings. The first-order valence-electron chi connectivity index (χ1n) is 7.36. The van der Waals surface area contributed by atoms with Crippen LogP contribution in [0.25, 0.3) is 0 Å². The summed E-state index contributed by atoms with van der Waals surface area (Å²) >= 11 is 0. The minimum Gasteiger partial charge on any atom is -0.271 e. The number of rotatable bonds is 5. The maximum atomic E-state index is 5.79. The Balaban J connectivity index is 1.70. The third-order valence-electron chi connectivity index (χ3n) is 4.81. The third kappa shape index (κ3) is 2.32. The van der Waals surface area contributed by atoms with Gasteiger partial charge in [0.1, 0.15) is 0 Å². The predicted molar refractivity (Wildman–Crippen MR) is 74.8 cm³/mol. The second-order valence-electron chi connectivity index (χ2n) is 6.12. The predicted octanol–water partition coefficient (Wildman–Crippen LogP) is 3.19. The second kappa shape index (κ2) is 5.02. The van der Waals surface area contributed by atoms with Gasteiger partial charge in [0, 0.05) is 6.04 Å². The molecule has 2 nitrogen and oxygen atoms in total. The average molecular weight is 244 g/mol. The Morgan fingerprint density at radius 2 is 1.83 bits per heavy atom. The van der Waals surface area contributed by atoms with Crippen LogP contribution in [0.5, 0.6) is 0 Å². The highest BCUT2D eigenvalue weighted by Crippen LogP contribution is 2.56. The van der Waals surface area contributed by atoms with Crippen molar-refractivity contribution in [2.24, 2.45) is 23.6 Å². The summed E-state index contributed by atoms with van der Waals surface area (Å²) in [5, 5.41) is 0. The van der Waals surface area contributed by atoms with Gasteiger partial charge in [-0.2, -0.15) is 0 Å². The molecule has 3 unspecified atom stereocenters. The maximum absolute atomic E-state index is 5.79. The molecular formula is C16H24N2. The highest BCUT2D eigenvalue weighted by atomic mass is 15.2. The van der Waals surface area contributed by atoms with Crippen LogP contribution in [0.1, 0.15) is 49.8 Å². The smallest absolute Gasteiger partial charge is 0.0488 e. The standard InChI is InChI=1S/C16H24N2/c1-2-3-11-4-6-12(7-5-11)16(18-17)15-9-13-8-14(13)10-15/h4-7,13-16,18H,2-3,8-10,17H2,1H3.